The second-order valence-corrected chi connectivity index (χ2v) is 9.09. The Labute approximate surface area is 191 Å². The van der Waals surface area contributed by atoms with E-state index in [4.69, 9.17) is 14.6 Å². The molecule has 0 amide bonds. The summed E-state index contributed by atoms with van der Waals surface area (Å²) in [5, 5.41) is 29.1. The summed E-state index contributed by atoms with van der Waals surface area (Å²) in [5.74, 6) is 0. The minimum absolute atomic E-state index is 0.0852. The summed E-state index contributed by atoms with van der Waals surface area (Å²) in [5.41, 5.74) is 0. The number of ether oxygens (including phenoxy) is 2. The van der Waals surface area contributed by atoms with Gasteiger partial charge in [0.2, 0.25) is 0 Å². The molecule has 0 aliphatic carbocycles. The van der Waals surface area contributed by atoms with E-state index in [0.29, 0.717) is 6.61 Å². The van der Waals surface area contributed by atoms with Crippen molar-refractivity contribution in [3.8, 4) is 0 Å². The van der Waals surface area contributed by atoms with Gasteiger partial charge in [-0.15, -0.1) is 0 Å². The maximum Gasteiger partial charge on any atom is 0.114 e. The second kappa shape index (κ2) is 20.2. The number of rotatable bonds is 20. The maximum absolute atomic E-state index is 10.1. The second-order valence-electron chi connectivity index (χ2n) is 9.09. The van der Waals surface area contributed by atoms with E-state index in [0.717, 1.165) is 12.8 Å². The van der Waals surface area contributed by atoms with Crippen molar-refractivity contribution in [2.75, 3.05) is 19.8 Å². The van der Waals surface area contributed by atoms with Gasteiger partial charge in [0.1, 0.15) is 24.4 Å². The predicted octanol–water partition coefficient (Wildman–Crippen LogP) is 5.30. The zero-order valence-electron chi connectivity index (χ0n) is 20.1. The average molecular weight is 443 g/mol. The molecule has 0 saturated carbocycles. The highest BCUT2D eigenvalue weighted by molar-refractivity contribution is 4.88. The number of unbranched alkanes of at least 4 members (excludes halogenated alkanes) is 14. The summed E-state index contributed by atoms with van der Waals surface area (Å²) < 4.78 is 10.8. The van der Waals surface area contributed by atoms with Gasteiger partial charge in [0, 0.05) is 0 Å². The van der Waals surface area contributed by atoms with E-state index in [1.54, 1.807) is 0 Å². The van der Waals surface area contributed by atoms with Crippen molar-refractivity contribution in [3.63, 3.8) is 0 Å². The summed E-state index contributed by atoms with van der Waals surface area (Å²) in [7, 11) is 0. The minimum atomic E-state index is -0.992. The first-order valence-electron chi connectivity index (χ1n) is 13.1. The molecular formula is C26H50O5. The zero-order chi connectivity index (χ0) is 22.6. The van der Waals surface area contributed by atoms with Gasteiger partial charge in [-0.3, -0.25) is 0 Å². The van der Waals surface area contributed by atoms with E-state index in [2.05, 4.69) is 19.1 Å². The monoisotopic (exact) mass is 442 g/mol. The van der Waals surface area contributed by atoms with Gasteiger partial charge in [-0.05, 0) is 19.3 Å². The number of aliphatic hydroxyl groups is 3. The molecule has 31 heavy (non-hydrogen) atoms. The standard InChI is InChI=1S/C26H50O5/c1-2-3-4-5-6-7-8-9-10-11-12-13-14-15-16-17-18-19-20-30-26-23(28)22-31-24(21-27)25(26)29/h17-18,23-29H,2-16,19-22H2,1H3/b18-17+/t23-,24+,25+,26+/m1/s1. The van der Waals surface area contributed by atoms with E-state index < -0.39 is 24.4 Å². The molecule has 0 spiro atoms. The molecule has 4 atom stereocenters. The molecule has 1 aliphatic heterocycles. The van der Waals surface area contributed by atoms with E-state index >= 15 is 0 Å². The Morgan fingerprint density at radius 2 is 1.29 bits per heavy atom. The van der Waals surface area contributed by atoms with E-state index in [1.807, 2.05) is 0 Å². The van der Waals surface area contributed by atoms with Gasteiger partial charge in [-0.1, -0.05) is 103 Å². The summed E-state index contributed by atoms with van der Waals surface area (Å²) in [6.45, 7) is 2.54. The molecule has 0 radical (unpaired) electrons. The Kier molecular flexibility index (Phi) is 18.6. The van der Waals surface area contributed by atoms with Crippen molar-refractivity contribution in [1.29, 1.82) is 0 Å². The topological polar surface area (TPSA) is 79.2 Å². The molecule has 0 unspecified atom stereocenters. The molecule has 1 saturated heterocycles. The normalized spacial score (nSPS) is 24.3. The predicted molar refractivity (Wildman–Crippen MR) is 127 cm³/mol. The lowest BCUT2D eigenvalue weighted by Crippen LogP contribution is -2.55. The average Bonchev–Trinajstić information content (AvgIpc) is 2.77. The maximum atomic E-state index is 10.1. The lowest BCUT2D eigenvalue weighted by molar-refractivity contribution is -0.210. The summed E-state index contributed by atoms with van der Waals surface area (Å²) >= 11 is 0. The quantitative estimate of drug-likeness (QED) is 0.176. The van der Waals surface area contributed by atoms with Crippen molar-refractivity contribution in [2.24, 2.45) is 0 Å². The highest BCUT2D eigenvalue weighted by Crippen LogP contribution is 2.19. The number of allylic oxidation sites excluding steroid dienone is 1. The van der Waals surface area contributed by atoms with Crippen LogP contribution in [0, 0.1) is 0 Å². The van der Waals surface area contributed by atoms with Crippen LogP contribution < -0.4 is 0 Å². The van der Waals surface area contributed by atoms with Gasteiger partial charge >= 0.3 is 0 Å². The van der Waals surface area contributed by atoms with Crippen molar-refractivity contribution < 1.29 is 24.8 Å². The smallest absolute Gasteiger partial charge is 0.114 e. The first kappa shape index (κ1) is 28.6. The Hall–Kier alpha value is -0.460. The van der Waals surface area contributed by atoms with E-state index in [1.165, 1.54) is 89.9 Å². The number of hydrogen-bond donors (Lipinski definition) is 3. The number of hydrogen-bond acceptors (Lipinski definition) is 5. The first-order chi connectivity index (χ1) is 15.2. The van der Waals surface area contributed by atoms with Crippen molar-refractivity contribution in [3.05, 3.63) is 12.2 Å². The van der Waals surface area contributed by atoms with Crippen molar-refractivity contribution in [2.45, 2.75) is 134 Å². The molecule has 1 rings (SSSR count). The van der Waals surface area contributed by atoms with Gasteiger partial charge in [0.25, 0.3) is 0 Å². The van der Waals surface area contributed by atoms with Crippen LogP contribution in [0.25, 0.3) is 0 Å². The summed E-state index contributed by atoms with van der Waals surface area (Å²) in [6, 6.07) is 0. The molecule has 5 heteroatoms. The third-order valence-electron chi connectivity index (χ3n) is 6.24. The Morgan fingerprint density at radius 3 is 1.84 bits per heavy atom. The number of aliphatic hydroxyl groups excluding tert-OH is 3. The summed E-state index contributed by atoms with van der Waals surface area (Å²) in [4.78, 5) is 0. The fourth-order valence-corrected chi connectivity index (χ4v) is 4.19. The molecule has 184 valence electrons. The molecule has 0 aromatic rings. The molecule has 3 N–H and O–H groups in total. The van der Waals surface area contributed by atoms with Crippen LogP contribution in [0.2, 0.25) is 0 Å². The van der Waals surface area contributed by atoms with Crippen LogP contribution in [0.5, 0.6) is 0 Å². The van der Waals surface area contributed by atoms with Crippen LogP contribution in [0.15, 0.2) is 12.2 Å². The highest BCUT2D eigenvalue weighted by Gasteiger charge is 2.38. The molecule has 0 aromatic carbocycles. The minimum Gasteiger partial charge on any atom is -0.394 e. The van der Waals surface area contributed by atoms with Crippen LogP contribution in [0.1, 0.15) is 110 Å². The molecule has 1 heterocycles. The lowest BCUT2D eigenvalue weighted by Gasteiger charge is -2.37. The Balaban J connectivity index is 1.84. The van der Waals surface area contributed by atoms with Crippen LogP contribution in [0.3, 0.4) is 0 Å². The molecule has 0 aromatic heterocycles. The van der Waals surface area contributed by atoms with E-state index in [-0.39, 0.29) is 13.2 Å². The van der Waals surface area contributed by atoms with Gasteiger partial charge < -0.3 is 24.8 Å². The van der Waals surface area contributed by atoms with Crippen LogP contribution in [0.4, 0.5) is 0 Å². The largest absolute Gasteiger partial charge is 0.394 e. The van der Waals surface area contributed by atoms with Gasteiger partial charge in [0.05, 0.1) is 19.8 Å². The van der Waals surface area contributed by atoms with Crippen molar-refractivity contribution in [1.82, 2.24) is 0 Å². The van der Waals surface area contributed by atoms with Gasteiger partial charge in [-0.25, -0.2) is 0 Å². The van der Waals surface area contributed by atoms with Gasteiger partial charge in [0.15, 0.2) is 0 Å². The lowest BCUT2D eigenvalue weighted by atomic mass is 10.0. The SMILES string of the molecule is CCCCCCCCCCCCCCCC/C=C/CCO[C@@H]1[C@@H](O)[C@H](CO)OC[C@H]1O. The van der Waals surface area contributed by atoms with Gasteiger partial charge in [-0.2, -0.15) is 0 Å². The molecule has 1 aliphatic rings. The molecular weight excluding hydrogens is 392 g/mol. The molecule has 1 fully saturated rings. The highest BCUT2D eigenvalue weighted by atomic mass is 16.6. The first-order valence-corrected chi connectivity index (χ1v) is 13.1. The zero-order valence-corrected chi connectivity index (χ0v) is 20.1. The summed E-state index contributed by atoms with van der Waals surface area (Å²) in [6.07, 6.45) is 22.4. The fourth-order valence-electron chi connectivity index (χ4n) is 4.19. The Morgan fingerprint density at radius 1 is 0.774 bits per heavy atom. The Bertz CT molecular complexity index is 415. The third-order valence-corrected chi connectivity index (χ3v) is 6.24. The van der Waals surface area contributed by atoms with Crippen LogP contribution in [-0.2, 0) is 9.47 Å². The molecule has 0 bridgehead atoms. The van der Waals surface area contributed by atoms with Crippen LogP contribution in [-0.4, -0.2) is 59.6 Å². The van der Waals surface area contributed by atoms with Crippen LogP contribution >= 0.6 is 0 Å². The fraction of sp³-hybridized carbons (Fsp3) is 0.923. The van der Waals surface area contributed by atoms with Crippen molar-refractivity contribution >= 4 is 0 Å². The molecule has 5 nitrogen and oxygen atoms in total. The van der Waals surface area contributed by atoms with E-state index in [9.17, 15) is 10.2 Å². The third kappa shape index (κ3) is 14.3.